The van der Waals surface area contributed by atoms with E-state index in [1.54, 1.807) is 6.92 Å². The Bertz CT molecular complexity index is 531. The number of hydrogen-bond donors (Lipinski definition) is 1. The van der Waals surface area contributed by atoms with Crippen molar-refractivity contribution in [2.75, 3.05) is 13.7 Å². The Morgan fingerprint density at radius 3 is 2.52 bits per heavy atom. The number of methoxy groups -OCH3 is 1. The molecule has 3 nitrogen and oxygen atoms in total. The van der Waals surface area contributed by atoms with Crippen molar-refractivity contribution in [3.8, 4) is 0 Å². The molecule has 4 aliphatic rings. The van der Waals surface area contributed by atoms with Crippen LogP contribution >= 0.6 is 0 Å². The zero-order chi connectivity index (χ0) is 17.8. The van der Waals surface area contributed by atoms with Gasteiger partial charge in [0.15, 0.2) is 0 Å². The van der Waals surface area contributed by atoms with Gasteiger partial charge in [-0.1, -0.05) is 6.92 Å². The molecule has 0 radical (unpaired) electrons. The highest BCUT2D eigenvalue weighted by atomic mass is 16.5. The van der Waals surface area contributed by atoms with Crippen LogP contribution in [0, 0.1) is 40.4 Å². The molecule has 0 aromatic rings. The lowest BCUT2D eigenvalue weighted by Gasteiger charge is -2.61. The number of carbonyl (C=O) groups is 1. The number of ketones is 1. The van der Waals surface area contributed by atoms with Crippen LogP contribution in [0.4, 0.5) is 0 Å². The first kappa shape index (κ1) is 18.0. The van der Waals surface area contributed by atoms with Gasteiger partial charge in [-0.15, -0.1) is 0 Å². The third-order valence-corrected chi connectivity index (χ3v) is 9.46. The largest absolute Gasteiger partial charge is 0.396 e. The summed E-state index contributed by atoms with van der Waals surface area (Å²) in [5.41, 5.74) is 0.177. The van der Waals surface area contributed by atoms with Crippen LogP contribution in [-0.4, -0.2) is 30.7 Å². The number of ether oxygens (including phenoxy) is 1. The number of aliphatic hydroxyl groups excluding tert-OH is 1. The van der Waals surface area contributed by atoms with Crippen molar-refractivity contribution < 1.29 is 14.6 Å². The van der Waals surface area contributed by atoms with Gasteiger partial charge >= 0.3 is 0 Å². The topological polar surface area (TPSA) is 46.5 Å². The lowest BCUT2D eigenvalue weighted by molar-refractivity contribution is -0.158. The zero-order valence-corrected chi connectivity index (χ0v) is 16.3. The van der Waals surface area contributed by atoms with Crippen LogP contribution in [0.5, 0.6) is 0 Å². The average molecular weight is 349 g/mol. The highest BCUT2D eigenvalue weighted by Crippen LogP contribution is 2.67. The lowest BCUT2D eigenvalue weighted by Crippen LogP contribution is -2.56. The highest BCUT2D eigenvalue weighted by Gasteiger charge is 2.63. The van der Waals surface area contributed by atoms with Crippen molar-refractivity contribution in [2.24, 2.45) is 40.4 Å². The molecule has 0 aromatic carbocycles. The van der Waals surface area contributed by atoms with E-state index >= 15 is 0 Å². The third-order valence-electron chi connectivity index (χ3n) is 9.46. The molecule has 0 saturated heterocycles. The van der Waals surface area contributed by atoms with E-state index in [4.69, 9.17) is 4.74 Å². The Morgan fingerprint density at radius 2 is 1.84 bits per heavy atom. The van der Waals surface area contributed by atoms with Crippen LogP contribution in [0.2, 0.25) is 0 Å². The summed E-state index contributed by atoms with van der Waals surface area (Å²) >= 11 is 0. The summed E-state index contributed by atoms with van der Waals surface area (Å²) < 4.78 is 5.78. The third kappa shape index (κ3) is 2.41. The first-order valence-corrected chi connectivity index (χ1v) is 10.6. The highest BCUT2D eigenvalue weighted by molar-refractivity contribution is 5.83. The summed E-state index contributed by atoms with van der Waals surface area (Å²) in [4.78, 5) is 12.8. The first-order chi connectivity index (χ1) is 12.0. The molecule has 0 spiro atoms. The van der Waals surface area contributed by atoms with Crippen LogP contribution in [0.1, 0.15) is 71.6 Å². The van der Waals surface area contributed by atoms with Crippen LogP contribution in [-0.2, 0) is 9.53 Å². The summed E-state index contributed by atoms with van der Waals surface area (Å²) in [5, 5.41) is 9.95. The molecule has 4 rings (SSSR count). The van der Waals surface area contributed by atoms with Crippen molar-refractivity contribution in [1.29, 1.82) is 0 Å². The van der Waals surface area contributed by atoms with E-state index in [9.17, 15) is 9.90 Å². The molecule has 4 saturated carbocycles. The Labute approximate surface area is 152 Å². The van der Waals surface area contributed by atoms with Gasteiger partial charge in [-0.2, -0.15) is 0 Å². The maximum Gasteiger partial charge on any atom is 0.136 e. The lowest BCUT2D eigenvalue weighted by atomic mass is 9.44. The molecule has 8 atom stereocenters. The number of rotatable bonds is 3. The average Bonchev–Trinajstić information content (AvgIpc) is 3.00. The second-order valence-electron chi connectivity index (χ2n) is 9.89. The Hall–Kier alpha value is -0.410. The Kier molecular flexibility index (Phi) is 4.56. The fourth-order valence-electron chi connectivity index (χ4n) is 8.27. The van der Waals surface area contributed by atoms with Gasteiger partial charge < -0.3 is 9.84 Å². The quantitative estimate of drug-likeness (QED) is 0.830. The standard InChI is InChI=1S/C22H36O3/c1-14(24)22-11-10-19-18(20(22)9-6-16(22)13-23)8-5-15-4-7-17(25-3)12-21(15,19)2/h15-20,23H,4-13H2,1-3H3/t15-,16-,17-,18-,19+,20+,21+,22+/m1/s1. The molecule has 0 amide bonds. The second kappa shape index (κ2) is 6.34. The summed E-state index contributed by atoms with van der Waals surface area (Å²) in [5.74, 6) is 3.37. The van der Waals surface area contributed by atoms with Crippen LogP contribution in [0.25, 0.3) is 0 Å². The van der Waals surface area contributed by atoms with Gasteiger partial charge in [0.05, 0.1) is 6.10 Å². The molecule has 1 N–H and O–H groups in total. The molecular weight excluding hydrogens is 312 g/mol. The molecule has 0 aliphatic heterocycles. The maximum absolute atomic E-state index is 12.8. The van der Waals surface area contributed by atoms with Gasteiger partial charge in [0.2, 0.25) is 0 Å². The van der Waals surface area contributed by atoms with Crippen molar-refractivity contribution in [1.82, 2.24) is 0 Å². The molecule has 3 heteroatoms. The summed E-state index contributed by atoms with van der Waals surface area (Å²) in [6, 6.07) is 0. The van der Waals surface area contributed by atoms with E-state index in [-0.39, 0.29) is 17.9 Å². The second-order valence-corrected chi connectivity index (χ2v) is 9.89. The van der Waals surface area contributed by atoms with Gasteiger partial charge in [0, 0.05) is 19.1 Å². The number of aliphatic hydroxyl groups is 1. The van der Waals surface area contributed by atoms with E-state index in [1.807, 2.05) is 7.11 Å². The predicted octanol–water partition coefficient (Wildman–Crippen LogP) is 4.22. The summed E-state index contributed by atoms with van der Waals surface area (Å²) in [6.07, 6.45) is 11.2. The predicted molar refractivity (Wildman–Crippen MR) is 98.1 cm³/mol. The smallest absolute Gasteiger partial charge is 0.136 e. The van der Waals surface area contributed by atoms with Gasteiger partial charge in [0.1, 0.15) is 5.78 Å². The van der Waals surface area contributed by atoms with Crippen molar-refractivity contribution >= 4 is 5.78 Å². The van der Waals surface area contributed by atoms with E-state index in [1.165, 1.54) is 38.5 Å². The number of Topliss-reactive ketones (excluding diaryl/α,β-unsaturated/α-hetero) is 1. The number of carbonyl (C=O) groups excluding carboxylic acids is 1. The fraction of sp³-hybridized carbons (Fsp3) is 0.955. The normalized spacial score (nSPS) is 52.2. The molecule has 4 aliphatic carbocycles. The van der Waals surface area contributed by atoms with E-state index in [0.29, 0.717) is 29.1 Å². The molecule has 25 heavy (non-hydrogen) atoms. The minimum Gasteiger partial charge on any atom is -0.396 e. The summed E-state index contributed by atoms with van der Waals surface area (Å²) in [7, 11) is 1.87. The van der Waals surface area contributed by atoms with Crippen molar-refractivity contribution in [2.45, 2.75) is 77.7 Å². The fourth-order valence-corrected chi connectivity index (χ4v) is 8.27. The van der Waals surface area contributed by atoms with Crippen LogP contribution in [0.15, 0.2) is 0 Å². The van der Waals surface area contributed by atoms with Crippen LogP contribution in [0.3, 0.4) is 0 Å². The maximum atomic E-state index is 12.8. The van der Waals surface area contributed by atoms with Gasteiger partial charge in [-0.3, -0.25) is 4.79 Å². The number of fused-ring (bicyclic) bond motifs is 5. The Morgan fingerprint density at radius 1 is 1.08 bits per heavy atom. The van der Waals surface area contributed by atoms with Gasteiger partial charge in [-0.05, 0) is 99.7 Å². The molecule has 0 bridgehead atoms. The minimum absolute atomic E-state index is 0.194. The molecular formula is C22H36O3. The van der Waals surface area contributed by atoms with E-state index in [2.05, 4.69) is 6.92 Å². The molecule has 0 heterocycles. The number of hydrogen-bond acceptors (Lipinski definition) is 3. The minimum atomic E-state index is -0.214. The van der Waals surface area contributed by atoms with Gasteiger partial charge in [-0.25, -0.2) is 0 Å². The van der Waals surface area contributed by atoms with Crippen molar-refractivity contribution in [3.63, 3.8) is 0 Å². The van der Waals surface area contributed by atoms with Crippen molar-refractivity contribution in [3.05, 3.63) is 0 Å². The summed E-state index contributed by atoms with van der Waals surface area (Å²) in [6.45, 7) is 4.54. The van der Waals surface area contributed by atoms with E-state index < -0.39 is 0 Å². The first-order valence-electron chi connectivity index (χ1n) is 10.6. The molecule has 0 aromatic heterocycles. The van der Waals surface area contributed by atoms with Gasteiger partial charge in [0.25, 0.3) is 0 Å². The monoisotopic (exact) mass is 348 g/mol. The van der Waals surface area contributed by atoms with Crippen LogP contribution < -0.4 is 0 Å². The zero-order valence-electron chi connectivity index (χ0n) is 16.3. The molecule has 142 valence electrons. The Balaban J connectivity index is 1.65. The SMILES string of the molecule is CO[C@@H]1CC[C@@H]2CC[C@@H]3[C@H](CC[C@]4(C(C)=O)[C@@H](CO)CC[C@@H]34)[C@@]2(C)C1. The van der Waals surface area contributed by atoms with E-state index in [0.717, 1.165) is 31.1 Å². The molecule has 4 fully saturated rings. The molecule has 0 unspecified atom stereocenters.